The molecule has 0 bridgehead atoms. The fourth-order valence-corrected chi connectivity index (χ4v) is 1.35. The molecular formula is C18H20N2O4. The van der Waals surface area contributed by atoms with Gasteiger partial charge in [-0.1, -0.05) is 37.4 Å². The van der Waals surface area contributed by atoms with E-state index in [-0.39, 0.29) is 0 Å². The van der Waals surface area contributed by atoms with Crippen LogP contribution in [0, 0.1) is 0 Å². The van der Waals surface area contributed by atoms with Crippen molar-refractivity contribution in [3.63, 3.8) is 0 Å². The lowest BCUT2D eigenvalue weighted by Gasteiger charge is -2.02. The lowest BCUT2D eigenvalue weighted by molar-refractivity contribution is -0.132. The van der Waals surface area contributed by atoms with E-state index in [4.69, 9.17) is 21.7 Å². The molecule has 0 saturated heterocycles. The highest BCUT2D eigenvalue weighted by molar-refractivity contribution is 5.79. The quantitative estimate of drug-likeness (QED) is 0.506. The van der Waals surface area contributed by atoms with Gasteiger partial charge in [-0.05, 0) is 35.4 Å². The van der Waals surface area contributed by atoms with Gasteiger partial charge in [0.25, 0.3) is 0 Å². The van der Waals surface area contributed by atoms with E-state index in [1.807, 2.05) is 48.5 Å². The van der Waals surface area contributed by atoms with Crippen LogP contribution in [0.15, 0.2) is 73.8 Å². The maximum absolute atomic E-state index is 9.25. The fourth-order valence-electron chi connectivity index (χ4n) is 1.35. The summed E-state index contributed by atoms with van der Waals surface area (Å²) >= 11 is 0. The van der Waals surface area contributed by atoms with Gasteiger partial charge in [-0.2, -0.15) is 0 Å². The van der Waals surface area contributed by atoms with Gasteiger partial charge in [0.2, 0.25) is 0 Å². The minimum absolute atomic E-state index is 0.782. The van der Waals surface area contributed by atoms with Crippen LogP contribution < -0.4 is 11.5 Å². The van der Waals surface area contributed by atoms with Gasteiger partial charge in [-0.25, -0.2) is 9.59 Å². The monoisotopic (exact) mass is 328 g/mol. The number of aliphatic carboxylic acids is 2. The molecular weight excluding hydrogens is 308 g/mol. The van der Waals surface area contributed by atoms with Gasteiger partial charge in [0.15, 0.2) is 0 Å². The minimum atomic E-state index is -0.981. The Morgan fingerprint density at radius 3 is 1.08 bits per heavy atom. The largest absolute Gasteiger partial charge is 0.478 e. The number of hydrogen-bond donors (Lipinski definition) is 4. The Labute approximate surface area is 140 Å². The van der Waals surface area contributed by atoms with Crippen LogP contribution in [0.4, 0.5) is 11.4 Å². The Hall–Kier alpha value is -3.54. The third-order valence-corrected chi connectivity index (χ3v) is 2.50. The van der Waals surface area contributed by atoms with E-state index >= 15 is 0 Å². The van der Waals surface area contributed by atoms with E-state index in [0.29, 0.717) is 0 Å². The molecule has 126 valence electrons. The molecule has 0 aliphatic heterocycles. The van der Waals surface area contributed by atoms with Crippen LogP contribution in [0.1, 0.15) is 0 Å². The SMILES string of the molecule is C=CC(=O)O.C=CC(=O)O.Nc1ccc(-c2ccc(N)cc2)cc1. The van der Waals surface area contributed by atoms with Crippen molar-refractivity contribution in [3.05, 3.63) is 73.8 Å². The third-order valence-electron chi connectivity index (χ3n) is 2.50. The summed E-state index contributed by atoms with van der Waals surface area (Å²) in [4.78, 5) is 18.5. The van der Waals surface area contributed by atoms with Crippen molar-refractivity contribution < 1.29 is 19.8 Å². The standard InChI is InChI=1S/C12H12N2.2C3H4O2/c13-11-5-1-9(2-6-11)10-3-7-12(14)8-4-10;2*1-2-3(4)5/h1-8H,13-14H2;2*2H,1H2,(H,4,5). The predicted molar refractivity (Wildman–Crippen MR) is 96.4 cm³/mol. The highest BCUT2D eigenvalue weighted by Crippen LogP contribution is 2.21. The van der Waals surface area contributed by atoms with E-state index in [0.717, 1.165) is 34.7 Å². The molecule has 0 spiro atoms. The maximum Gasteiger partial charge on any atom is 0.327 e. The van der Waals surface area contributed by atoms with Crippen molar-refractivity contribution in [2.24, 2.45) is 0 Å². The van der Waals surface area contributed by atoms with E-state index in [1.165, 1.54) is 0 Å². The van der Waals surface area contributed by atoms with Crippen molar-refractivity contribution in [1.82, 2.24) is 0 Å². The number of carboxylic acids is 2. The van der Waals surface area contributed by atoms with Crippen LogP contribution in [0.3, 0.4) is 0 Å². The van der Waals surface area contributed by atoms with Gasteiger partial charge in [0, 0.05) is 23.5 Å². The summed E-state index contributed by atoms with van der Waals surface area (Å²) < 4.78 is 0. The van der Waals surface area contributed by atoms with E-state index in [2.05, 4.69) is 13.2 Å². The molecule has 0 amide bonds. The second-order valence-electron chi connectivity index (χ2n) is 4.33. The molecule has 24 heavy (non-hydrogen) atoms. The van der Waals surface area contributed by atoms with Crippen molar-refractivity contribution in [1.29, 1.82) is 0 Å². The Bertz CT molecular complexity index is 616. The first-order chi connectivity index (χ1) is 11.3. The highest BCUT2D eigenvalue weighted by atomic mass is 16.4. The molecule has 0 saturated carbocycles. The zero-order chi connectivity index (χ0) is 18.5. The van der Waals surface area contributed by atoms with E-state index in [9.17, 15) is 9.59 Å². The van der Waals surface area contributed by atoms with Crippen LogP contribution in [-0.2, 0) is 9.59 Å². The van der Waals surface area contributed by atoms with Gasteiger partial charge in [0.05, 0.1) is 0 Å². The number of nitrogen functional groups attached to an aromatic ring is 2. The first kappa shape index (κ1) is 20.5. The summed E-state index contributed by atoms with van der Waals surface area (Å²) in [6, 6.07) is 15.6. The highest BCUT2D eigenvalue weighted by Gasteiger charge is 1.95. The fraction of sp³-hybridized carbons (Fsp3) is 0. The Kier molecular flexibility index (Phi) is 9.45. The molecule has 2 rings (SSSR count). The molecule has 0 aromatic heterocycles. The summed E-state index contributed by atoms with van der Waals surface area (Å²) in [5, 5.41) is 15.2. The molecule has 0 unspecified atom stereocenters. The van der Waals surface area contributed by atoms with Crippen LogP contribution >= 0.6 is 0 Å². The van der Waals surface area contributed by atoms with Gasteiger partial charge >= 0.3 is 11.9 Å². The molecule has 0 radical (unpaired) electrons. The van der Waals surface area contributed by atoms with Crippen LogP contribution in [0.2, 0.25) is 0 Å². The molecule has 2 aromatic carbocycles. The second kappa shape index (κ2) is 11.1. The smallest absolute Gasteiger partial charge is 0.327 e. The maximum atomic E-state index is 9.25. The zero-order valence-corrected chi connectivity index (χ0v) is 13.1. The predicted octanol–water partition coefficient (Wildman–Crippen LogP) is 3.03. The van der Waals surface area contributed by atoms with Crippen molar-refractivity contribution in [2.75, 3.05) is 11.5 Å². The Balaban J connectivity index is 0.000000442. The minimum Gasteiger partial charge on any atom is -0.478 e. The lowest BCUT2D eigenvalue weighted by Crippen LogP contribution is -1.85. The first-order valence-electron chi connectivity index (χ1n) is 6.72. The summed E-state index contributed by atoms with van der Waals surface area (Å²) in [6.07, 6.45) is 1.67. The molecule has 2 aromatic rings. The summed E-state index contributed by atoms with van der Waals surface area (Å²) in [5.41, 5.74) is 15.1. The molecule has 6 nitrogen and oxygen atoms in total. The lowest BCUT2D eigenvalue weighted by atomic mass is 10.1. The normalized spacial score (nSPS) is 8.50. The topological polar surface area (TPSA) is 127 Å². The van der Waals surface area contributed by atoms with Crippen LogP contribution in [0.25, 0.3) is 11.1 Å². The third kappa shape index (κ3) is 9.41. The zero-order valence-electron chi connectivity index (χ0n) is 13.1. The van der Waals surface area contributed by atoms with Gasteiger partial charge in [0.1, 0.15) is 0 Å². The number of nitrogens with two attached hydrogens (primary N) is 2. The number of benzene rings is 2. The average Bonchev–Trinajstić information content (AvgIpc) is 2.57. The number of carboxylic acid groups (broad SMARTS) is 2. The summed E-state index contributed by atoms with van der Waals surface area (Å²) in [5.74, 6) is -1.96. The summed E-state index contributed by atoms with van der Waals surface area (Å²) in [6.45, 7) is 5.92. The van der Waals surface area contributed by atoms with Crippen LogP contribution in [0.5, 0.6) is 0 Å². The summed E-state index contributed by atoms with van der Waals surface area (Å²) in [7, 11) is 0. The Morgan fingerprint density at radius 1 is 0.708 bits per heavy atom. The van der Waals surface area contributed by atoms with E-state index in [1.54, 1.807) is 0 Å². The first-order valence-corrected chi connectivity index (χ1v) is 6.72. The number of rotatable bonds is 3. The number of carbonyl (C=O) groups is 2. The number of anilines is 2. The second-order valence-corrected chi connectivity index (χ2v) is 4.33. The molecule has 0 aliphatic rings. The van der Waals surface area contributed by atoms with E-state index < -0.39 is 11.9 Å². The molecule has 6 heteroatoms. The number of hydrogen-bond acceptors (Lipinski definition) is 4. The Morgan fingerprint density at radius 2 is 0.917 bits per heavy atom. The molecule has 6 N–H and O–H groups in total. The average molecular weight is 328 g/mol. The van der Waals surface area contributed by atoms with Crippen molar-refractivity contribution in [3.8, 4) is 11.1 Å². The molecule has 0 atom stereocenters. The van der Waals surface area contributed by atoms with Crippen molar-refractivity contribution in [2.45, 2.75) is 0 Å². The van der Waals surface area contributed by atoms with Gasteiger partial charge in [-0.3, -0.25) is 0 Å². The molecule has 0 fully saturated rings. The van der Waals surface area contributed by atoms with Gasteiger partial charge in [-0.15, -0.1) is 0 Å². The van der Waals surface area contributed by atoms with Gasteiger partial charge < -0.3 is 21.7 Å². The van der Waals surface area contributed by atoms with Crippen molar-refractivity contribution >= 4 is 23.3 Å². The van der Waals surface area contributed by atoms with Crippen LogP contribution in [-0.4, -0.2) is 22.2 Å². The molecule has 0 heterocycles. The molecule has 0 aliphatic carbocycles.